The molecule has 17 heavy (non-hydrogen) atoms. The van der Waals surface area contributed by atoms with Crippen molar-refractivity contribution in [3.05, 3.63) is 24.3 Å². The molecular weight excluding hydrogens is 212 g/mol. The van der Waals surface area contributed by atoms with Gasteiger partial charge >= 0.3 is 0 Å². The van der Waals surface area contributed by atoms with E-state index in [-0.39, 0.29) is 0 Å². The van der Waals surface area contributed by atoms with Gasteiger partial charge in [-0.15, -0.1) is 0 Å². The maximum atomic E-state index is 5.81. The topological polar surface area (TPSA) is 67.6 Å². The minimum absolute atomic E-state index is 0.503. The quantitative estimate of drug-likeness (QED) is 0.829. The van der Waals surface area contributed by atoms with Crippen molar-refractivity contribution >= 4 is 11.0 Å². The Hall–Kier alpha value is -1.42. The standard InChI is InChI=1S/C13H20N4/c1-9(2)5-10(7-14)6-13-16-11-3-4-15-8-12(11)17-13/h3-4,8-10H,5-7,14H2,1-2H3,(H,16,17). The predicted molar refractivity (Wildman–Crippen MR) is 69.6 cm³/mol. The molecule has 0 aliphatic rings. The van der Waals surface area contributed by atoms with Gasteiger partial charge in [0.15, 0.2) is 0 Å². The Morgan fingerprint density at radius 1 is 1.41 bits per heavy atom. The molecule has 92 valence electrons. The van der Waals surface area contributed by atoms with Crippen LogP contribution < -0.4 is 5.73 Å². The van der Waals surface area contributed by atoms with E-state index in [4.69, 9.17) is 5.73 Å². The minimum atomic E-state index is 0.503. The molecule has 2 aromatic rings. The molecule has 0 saturated heterocycles. The van der Waals surface area contributed by atoms with Gasteiger partial charge in [-0.25, -0.2) is 4.98 Å². The molecule has 0 bridgehead atoms. The van der Waals surface area contributed by atoms with Crippen molar-refractivity contribution in [3.63, 3.8) is 0 Å². The van der Waals surface area contributed by atoms with Gasteiger partial charge in [0.05, 0.1) is 17.2 Å². The van der Waals surface area contributed by atoms with Crippen LogP contribution in [0.2, 0.25) is 0 Å². The lowest BCUT2D eigenvalue weighted by atomic mass is 9.94. The van der Waals surface area contributed by atoms with E-state index in [9.17, 15) is 0 Å². The van der Waals surface area contributed by atoms with Crippen LogP contribution in [0.5, 0.6) is 0 Å². The largest absolute Gasteiger partial charge is 0.341 e. The van der Waals surface area contributed by atoms with E-state index < -0.39 is 0 Å². The third-order valence-electron chi connectivity index (χ3n) is 2.95. The summed E-state index contributed by atoms with van der Waals surface area (Å²) in [5.74, 6) is 2.20. The maximum absolute atomic E-state index is 5.81. The normalized spacial score (nSPS) is 13.4. The molecule has 1 atom stereocenters. The van der Waals surface area contributed by atoms with Crippen LogP contribution in [0.25, 0.3) is 11.0 Å². The van der Waals surface area contributed by atoms with E-state index in [1.165, 1.54) is 0 Å². The number of nitrogens with zero attached hydrogens (tertiary/aromatic N) is 2. The van der Waals surface area contributed by atoms with Crippen molar-refractivity contribution in [2.45, 2.75) is 26.7 Å². The first-order valence-electron chi connectivity index (χ1n) is 6.17. The molecule has 0 aliphatic carbocycles. The highest BCUT2D eigenvalue weighted by atomic mass is 14.9. The van der Waals surface area contributed by atoms with Gasteiger partial charge in [-0.05, 0) is 30.9 Å². The van der Waals surface area contributed by atoms with Gasteiger partial charge in [0.1, 0.15) is 5.82 Å². The predicted octanol–water partition coefficient (Wildman–Crippen LogP) is 2.12. The molecule has 0 aliphatic heterocycles. The molecule has 4 heteroatoms. The fourth-order valence-corrected chi connectivity index (χ4v) is 2.21. The second-order valence-electron chi connectivity index (χ2n) is 5.01. The Kier molecular flexibility index (Phi) is 3.74. The number of hydrogen-bond donors (Lipinski definition) is 2. The van der Waals surface area contributed by atoms with Crippen LogP contribution >= 0.6 is 0 Å². The lowest BCUT2D eigenvalue weighted by Crippen LogP contribution is -2.19. The molecule has 0 aromatic carbocycles. The zero-order valence-electron chi connectivity index (χ0n) is 10.5. The number of aromatic nitrogens is 3. The summed E-state index contributed by atoms with van der Waals surface area (Å²) in [7, 11) is 0. The van der Waals surface area contributed by atoms with Crippen LogP contribution in [0.4, 0.5) is 0 Å². The molecule has 2 aromatic heterocycles. The molecule has 0 saturated carbocycles. The summed E-state index contributed by atoms with van der Waals surface area (Å²) < 4.78 is 0. The van der Waals surface area contributed by atoms with Crippen LogP contribution in [0.3, 0.4) is 0 Å². The summed E-state index contributed by atoms with van der Waals surface area (Å²) in [5.41, 5.74) is 7.79. The molecule has 3 N–H and O–H groups in total. The number of nitrogens with one attached hydrogen (secondary N) is 1. The fourth-order valence-electron chi connectivity index (χ4n) is 2.21. The summed E-state index contributed by atoms with van der Waals surface area (Å²) in [4.78, 5) is 11.9. The van der Waals surface area contributed by atoms with E-state index in [0.717, 1.165) is 29.7 Å². The highest BCUT2D eigenvalue weighted by Crippen LogP contribution is 2.17. The van der Waals surface area contributed by atoms with E-state index in [1.807, 2.05) is 12.3 Å². The third kappa shape index (κ3) is 3.03. The second kappa shape index (κ2) is 5.27. The highest BCUT2D eigenvalue weighted by Gasteiger charge is 2.12. The molecule has 2 rings (SSSR count). The van der Waals surface area contributed by atoms with Gasteiger partial charge in [0.25, 0.3) is 0 Å². The number of hydrogen-bond acceptors (Lipinski definition) is 3. The van der Waals surface area contributed by atoms with Crippen molar-refractivity contribution in [1.82, 2.24) is 15.0 Å². The van der Waals surface area contributed by atoms with Gasteiger partial charge in [-0.2, -0.15) is 0 Å². The summed E-state index contributed by atoms with van der Waals surface area (Å²) in [6.45, 7) is 5.17. The van der Waals surface area contributed by atoms with E-state index >= 15 is 0 Å². The monoisotopic (exact) mass is 232 g/mol. The summed E-state index contributed by atoms with van der Waals surface area (Å²) >= 11 is 0. The van der Waals surface area contributed by atoms with E-state index in [2.05, 4.69) is 28.8 Å². The molecule has 0 amide bonds. The highest BCUT2D eigenvalue weighted by molar-refractivity contribution is 5.73. The van der Waals surface area contributed by atoms with Crippen LogP contribution in [0.15, 0.2) is 18.5 Å². The Labute approximate surface area is 102 Å². The molecule has 4 nitrogen and oxygen atoms in total. The summed E-state index contributed by atoms with van der Waals surface area (Å²) in [5, 5.41) is 0. The lowest BCUT2D eigenvalue weighted by Gasteiger charge is -2.15. The van der Waals surface area contributed by atoms with Gasteiger partial charge in [0, 0.05) is 12.6 Å². The number of fused-ring (bicyclic) bond motifs is 1. The van der Waals surface area contributed by atoms with Gasteiger partial charge in [0.2, 0.25) is 0 Å². The van der Waals surface area contributed by atoms with Crippen molar-refractivity contribution in [2.75, 3.05) is 6.54 Å². The van der Waals surface area contributed by atoms with Gasteiger partial charge in [-0.3, -0.25) is 4.98 Å². The zero-order valence-corrected chi connectivity index (χ0v) is 10.5. The van der Waals surface area contributed by atoms with Crippen molar-refractivity contribution in [1.29, 1.82) is 0 Å². The number of nitrogens with two attached hydrogens (primary N) is 1. The summed E-state index contributed by atoms with van der Waals surface area (Å²) in [6, 6.07) is 1.93. The lowest BCUT2D eigenvalue weighted by molar-refractivity contribution is 0.410. The maximum Gasteiger partial charge on any atom is 0.107 e. The Bertz CT molecular complexity index is 442. The first kappa shape index (κ1) is 12.0. The van der Waals surface area contributed by atoms with Crippen LogP contribution in [0.1, 0.15) is 26.1 Å². The molecular formula is C13H20N4. The Balaban J connectivity index is 2.11. The first-order chi connectivity index (χ1) is 8.19. The fraction of sp³-hybridized carbons (Fsp3) is 0.538. The number of imidazole rings is 1. The van der Waals surface area contributed by atoms with Crippen molar-refractivity contribution < 1.29 is 0 Å². The average Bonchev–Trinajstić information content (AvgIpc) is 2.69. The number of pyridine rings is 1. The number of H-pyrrole nitrogens is 1. The Morgan fingerprint density at radius 3 is 2.88 bits per heavy atom. The van der Waals surface area contributed by atoms with Crippen molar-refractivity contribution in [3.8, 4) is 0 Å². The van der Waals surface area contributed by atoms with E-state index in [1.54, 1.807) is 6.20 Å². The second-order valence-corrected chi connectivity index (χ2v) is 5.01. The SMILES string of the molecule is CC(C)CC(CN)Cc1nc2ccncc2[nH]1. The first-order valence-corrected chi connectivity index (χ1v) is 6.17. The molecule has 2 heterocycles. The smallest absolute Gasteiger partial charge is 0.107 e. The molecule has 0 spiro atoms. The molecule has 0 radical (unpaired) electrons. The van der Waals surface area contributed by atoms with Crippen LogP contribution in [-0.2, 0) is 6.42 Å². The van der Waals surface area contributed by atoms with Gasteiger partial charge in [-0.1, -0.05) is 13.8 Å². The Morgan fingerprint density at radius 2 is 2.24 bits per heavy atom. The summed E-state index contributed by atoms with van der Waals surface area (Å²) in [6.07, 6.45) is 5.64. The van der Waals surface area contributed by atoms with Gasteiger partial charge < -0.3 is 10.7 Å². The van der Waals surface area contributed by atoms with Crippen molar-refractivity contribution in [2.24, 2.45) is 17.6 Å². The third-order valence-corrected chi connectivity index (χ3v) is 2.95. The van der Waals surface area contributed by atoms with Crippen LogP contribution in [0, 0.1) is 11.8 Å². The van der Waals surface area contributed by atoms with E-state index in [0.29, 0.717) is 18.4 Å². The number of aromatic amines is 1. The number of rotatable bonds is 5. The average molecular weight is 232 g/mol. The zero-order chi connectivity index (χ0) is 12.3. The minimum Gasteiger partial charge on any atom is -0.341 e. The van der Waals surface area contributed by atoms with Crippen LogP contribution in [-0.4, -0.2) is 21.5 Å². The molecule has 0 fully saturated rings. The molecule has 1 unspecified atom stereocenters.